The number of hydrogen-bond donors (Lipinski definition) is 3. The van der Waals surface area contributed by atoms with Gasteiger partial charge in [-0.15, -0.1) is 0 Å². The van der Waals surface area contributed by atoms with Gasteiger partial charge in [0.05, 0.1) is 0 Å². The van der Waals surface area contributed by atoms with E-state index in [0.29, 0.717) is 23.1 Å². The Kier molecular flexibility index (Phi) is 4.46. The molecule has 0 bridgehead atoms. The molecule has 0 saturated heterocycles. The summed E-state index contributed by atoms with van der Waals surface area (Å²) >= 11 is 1.38. The molecule has 106 valence electrons. The summed E-state index contributed by atoms with van der Waals surface area (Å²) in [6.45, 7) is 0.559. The van der Waals surface area contributed by atoms with Crippen molar-refractivity contribution < 1.29 is 0 Å². The molecule has 0 spiro atoms. The van der Waals surface area contributed by atoms with Gasteiger partial charge in [0.2, 0.25) is 0 Å². The number of aryl methyl sites for hydroxylation is 1. The molecule has 7 nitrogen and oxygen atoms in total. The van der Waals surface area contributed by atoms with Crippen molar-refractivity contribution in [2.24, 2.45) is 0 Å². The summed E-state index contributed by atoms with van der Waals surface area (Å²) in [6.07, 6.45) is 2.36. The lowest BCUT2D eigenvalue weighted by molar-refractivity contribution is 0.659. The molecule has 0 saturated carbocycles. The fourth-order valence-corrected chi connectivity index (χ4v) is 2.46. The van der Waals surface area contributed by atoms with Gasteiger partial charge < -0.3 is 21.0 Å². The number of thioether (sulfide) groups is 1. The largest absolute Gasteiger partial charge is 0.398 e. The van der Waals surface area contributed by atoms with Crippen molar-refractivity contribution in [1.29, 1.82) is 0 Å². The van der Waals surface area contributed by atoms with E-state index in [2.05, 4.69) is 9.97 Å². The number of pyridine rings is 1. The molecule has 8 heteroatoms. The molecule has 0 aromatic carbocycles. The van der Waals surface area contributed by atoms with Gasteiger partial charge in [0.25, 0.3) is 11.1 Å². The number of aromatic amines is 1. The first kappa shape index (κ1) is 14.2. The number of rotatable bonds is 5. The summed E-state index contributed by atoms with van der Waals surface area (Å²) < 4.78 is 1.56. The van der Waals surface area contributed by atoms with E-state index >= 15 is 0 Å². The molecule has 20 heavy (non-hydrogen) atoms. The predicted molar refractivity (Wildman–Crippen MR) is 79.7 cm³/mol. The number of aromatic nitrogens is 3. The van der Waals surface area contributed by atoms with Crippen molar-refractivity contribution in [3.63, 3.8) is 0 Å². The summed E-state index contributed by atoms with van der Waals surface area (Å²) in [5, 5.41) is 0.481. The molecule has 0 radical (unpaired) electrons. The highest BCUT2D eigenvalue weighted by molar-refractivity contribution is 7.99. The smallest absolute Gasteiger partial charge is 0.253 e. The van der Waals surface area contributed by atoms with Crippen LogP contribution in [0, 0.1) is 0 Å². The molecule has 0 amide bonds. The number of nitrogen functional groups attached to an aromatic ring is 2. The molecule has 5 N–H and O–H groups in total. The maximum Gasteiger partial charge on any atom is 0.253 e. The fraction of sp³-hybridized carbons (Fsp3) is 0.250. The summed E-state index contributed by atoms with van der Waals surface area (Å²) in [5.41, 5.74) is 11.3. The molecule has 0 aliphatic rings. The predicted octanol–water partition coefficient (Wildman–Crippen LogP) is 0.278. The molecule has 0 fully saturated rings. The Morgan fingerprint density at radius 3 is 2.85 bits per heavy atom. The van der Waals surface area contributed by atoms with E-state index in [1.807, 2.05) is 0 Å². The highest BCUT2D eigenvalue weighted by Gasteiger charge is 2.01. The SMILES string of the molecule is Nc1ccc(=O)n(CCCSc2nc(N)cc(=O)[nH]2)c1. The average molecular weight is 293 g/mol. The van der Waals surface area contributed by atoms with Crippen LogP contribution in [0.25, 0.3) is 0 Å². The Hall–Kier alpha value is -2.22. The van der Waals surface area contributed by atoms with Gasteiger partial charge in [0.15, 0.2) is 5.16 Å². The molecule has 2 heterocycles. The van der Waals surface area contributed by atoms with E-state index in [9.17, 15) is 9.59 Å². The zero-order valence-electron chi connectivity index (χ0n) is 10.7. The summed E-state index contributed by atoms with van der Waals surface area (Å²) in [5.74, 6) is 0.900. The van der Waals surface area contributed by atoms with Crippen LogP contribution in [0.4, 0.5) is 11.5 Å². The number of H-pyrrole nitrogens is 1. The Morgan fingerprint density at radius 2 is 2.10 bits per heavy atom. The van der Waals surface area contributed by atoms with Gasteiger partial charge in [0.1, 0.15) is 5.82 Å². The van der Waals surface area contributed by atoms with Crippen molar-refractivity contribution in [3.05, 3.63) is 45.1 Å². The van der Waals surface area contributed by atoms with E-state index in [1.165, 1.54) is 23.9 Å². The minimum atomic E-state index is -0.271. The molecule has 0 atom stereocenters. The quantitative estimate of drug-likeness (QED) is 0.414. The second kappa shape index (κ2) is 6.29. The Morgan fingerprint density at radius 1 is 1.30 bits per heavy atom. The van der Waals surface area contributed by atoms with Crippen molar-refractivity contribution >= 4 is 23.3 Å². The van der Waals surface area contributed by atoms with Crippen LogP contribution >= 0.6 is 11.8 Å². The van der Waals surface area contributed by atoms with Crippen LogP contribution in [-0.2, 0) is 6.54 Å². The van der Waals surface area contributed by atoms with Gasteiger partial charge in [-0.25, -0.2) is 4.98 Å². The first-order valence-electron chi connectivity index (χ1n) is 6.00. The van der Waals surface area contributed by atoms with Crippen LogP contribution in [0.1, 0.15) is 6.42 Å². The number of hydrogen-bond acceptors (Lipinski definition) is 6. The molecule has 0 unspecified atom stereocenters. The zero-order valence-corrected chi connectivity index (χ0v) is 11.5. The second-order valence-electron chi connectivity index (χ2n) is 4.17. The van der Waals surface area contributed by atoms with Crippen molar-refractivity contribution in [3.8, 4) is 0 Å². The van der Waals surface area contributed by atoms with Crippen LogP contribution in [0.2, 0.25) is 0 Å². The maximum atomic E-state index is 11.5. The van der Waals surface area contributed by atoms with Crippen molar-refractivity contribution in [2.75, 3.05) is 17.2 Å². The van der Waals surface area contributed by atoms with E-state index in [0.717, 1.165) is 6.42 Å². The van der Waals surface area contributed by atoms with Gasteiger partial charge >= 0.3 is 0 Å². The zero-order chi connectivity index (χ0) is 14.5. The van der Waals surface area contributed by atoms with E-state index in [1.54, 1.807) is 16.8 Å². The number of nitrogens with one attached hydrogen (secondary N) is 1. The molecule has 2 aromatic rings. The molecule has 0 aliphatic carbocycles. The highest BCUT2D eigenvalue weighted by Crippen LogP contribution is 2.13. The third-order valence-electron chi connectivity index (χ3n) is 2.53. The maximum absolute atomic E-state index is 11.5. The van der Waals surface area contributed by atoms with Crippen LogP contribution < -0.4 is 22.6 Å². The van der Waals surface area contributed by atoms with Crippen LogP contribution in [0.5, 0.6) is 0 Å². The van der Waals surface area contributed by atoms with E-state index < -0.39 is 0 Å². The molecule has 2 aromatic heterocycles. The van der Waals surface area contributed by atoms with Gasteiger partial charge in [-0.05, 0) is 12.5 Å². The molecular weight excluding hydrogens is 278 g/mol. The summed E-state index contributed by atoms with van der Waals surface area (Å²) in [7, 11) is 0. The van der Waals surface area contributed by atoms with Gasteiger partial charge in [-0.1, -0.05) is 11.8 Å². The number of anilines is 2. The minimum Gasteiger partial charge on any atom is -0.398 e. The van der Waals surface area contributed by atoms with E-state index in [4.69, 9.17) is 11.5 Å². The van der Waals surface area contributed by atoms with Crippen molar-refractivity contribution in [1.82, 2.24) is 14.5 Å². The lowest BCUT2D eigenvalue weighted by atomic mass is 10.4. The van der Waals surface area contributed by atoms with Gasteiger partial charge in [-0.2, -0.15) is 0 Å². The van der Waals surface area contributed by atoms with Crippen molar-refractivity contribution in [2.45, 2.75) is 18.1 Å². The average Bonchev–Trinajstić information content (AvgIpc) is 2.37. The summed E-state index contributed by atoms with van der Waals surface area (Å²) in [6, 6.07) is 4.25. The topological polar surface area (TPSA) is 120 Å². The monoisotopic (exact) mass is 293 g/mol. The summed E-state index contributed by atoms with van der Waals surface area (Å²) in [4.78, 5) is 29.4. The number of nitrogens with two attached hydrogens (primary N) is 2. The number of nitrogens with zero attached hydrogens (tertiary/aromatic N) is 2. The van der Waals surface area contributed by atoms with Crippen LogP contribution in [0.3, 0.4) is 0 Å². The Balaban J connectivity index is 1.89. The standard InChI is InChI=1S/C12H15N5O2S/c13-8-2-3-11(19)17(7-8)4-1-5-20-12-15-9(14)6-10(18)16-12/h2-3,6-7H,1,4-5,13H2,(H3,14,15,16,18). The second-order valence-corrected chi connectivity index (χ2v) is 5.26. The van der Waals surface area contributed by atoms with Gasteiger partial charge in [-0.3, -0.25) is 9.59 Å². The van der Waals surface area contributed by atoms with Crippen LogP contribution in [0.15, 0.2) is 39.1 Å². The lowest BCUT2D eigenvalue weighted by Gasteiger charge is -2.06. The normalized spacial score (nSPS) is 10.6. The molecule has 2 rings (SSSR count). The van der Waals surface area contributed by atoms with Gasteiger partial charge in [0, 0.05) is 36.3 Å². The van der Waals surface area contributed by atoms with Crippen LogP contribution in [-0.4, -0.2) is 20.3 Å². The minimum absolute atomic E-state index is 0.0836. The molecule has 0 aliphatic heterocycles. The highest BCUT2D eigenvalue weighted by atomic mass is 32.2. The molecular formula is C12H15N5O2S. The Bertz CT molecular complexity index is 709. The van der Waals surface area contributed by atoms with E-state index in [-0.39, 0.29) is 16.9 Å². The fourth-order valence-electron chi connectivity index (χ4n) is 1.65. The Labute approximate surface area is 119 Å². The first-order chi connectivity index (χ1) is 9.54. The third kappa shape index (κ3) is 3.89. The lowest BCUT2D eigenvalue weighted by Crippen LogP contribution is -2.19. The third-order valence-corrected chi connectivity index (χ3v) is 3.49. The first-order valence-corrected chi connectivity index (χ1v) is 6.99.